The number of carbonyl (C=O) groups excluding carboxylic acids is 1. The van der Waals surface area contributed by atoms with Gasteiger partial charge in [-0.1, -0.05) is 48.5 Å². The molecule has 33 heavy (non-hydrogen) atoms. The number of amides is 1. The number of carbonyl (C=O) groups is 1. The zero-order valence-corrected chi connectivity index (χ0v) is 18.1. The quantitative estimate of drug-likeness (QED) is 0.447. The Morgan fingerprint density at radius 2 is 1.61 bits per heavy atom. The van der Waals surface area contributed by atoms with Crippen LogP contribution in [0.5, 0.6) is 11.5 Å². The Morgan fingerprint density at radius 1 is 0.939 bits per heavy atom. The van der Waals surface area contributed by atoms with Crippen molar-refractivity contribution in [2.75, 3.05) is 6.54 Å². The van der Waals surface area contributed by atoms with E-state index in [1.54, 1.807) is 22.8 Å². The first-order chi connectivity index (χ1) is 16.2. The number of para-hydroxylation sites is 3. The molecule has 7 nitrogen and oxygen atoms in total. The highest BCUT2D eigenvalue weighted by Crippen LogP contribution is 2.39. The highest BCUT2D eigenvalue weighted by Gasteiger charge is 2.31. The maximum absolute atomic E-state index is 13.1. The third-order valence-electron chi connectivity index (χ3n) is 5.53. The first kappa shape index (κ1) is 20.8. The summed E-state index contributed by atoms with van der Waals surface area (Å²) in [5, 5.41) is 7.47. The lowest BCUT2D eigenvalue weighted by Gasteiger charge is -2.11. The number of aromatic nitrogens is 3. The van der Waals surface area contributed by atoms with Crippen molar-refractivity contribution < 1.29 is 9.53 Å². The van der Waals surface area contributed by atoms with Gasteiger partial charge in [-0.05, 0) is 49.2 Å². The molecule has 0 saturated heterocycles. The lowest BCUT2D eigenvalue weighted by atomic mass is 10.2. The van der Waals surface area contributed by atoms with Crippen molar-refractivity contribution in [2.45, 2.75) is 25.3 Å². The third kappa shape index (κ3) is 4.57. The first-order valence-corrected chi connectivity index (χ1v) is 11.1. The minimum atomic E-state index is -0.264. The minimum Gasteiger partial charge on any atom is -0.457 e. The Labute approximate surface area is 191 Å². The number of benzene rings is 3. The van der Waals surface area contributed by atoms with Crippen LogP contribution >= 0.6 is 0 Å². The fraction of sp³-hybridized carbons (Fsp3) is 0.192. The molecule has 0 spiro atoms. The second-order valence-electron chi connectivity index (χ2n) is 7.98. The molecule has 5 rings (SSSR count). The summed E-state index contributed by atoms with van der Waals surface area (Å²) in [6.45, 7) is 0.556. The molecule has 1 amide bonds. The predicted molar refractivity (Wildman–Crippen MR) is 125 cm³/mol. The van der Waals surface area contributed by atoms with Gasteiger partial charge in [0.2, 0.25) is 0 Å². The molecule has 4 aromatic rings. The topological polar surface area (TPSA) is 78.2 Å². The van der Waals surface area contributed by atoms with Crippen molar-refractivity contribution >= 4 is 5.91 Å². The zero-order chi connectivity index (χ0) is 22.6. The number of rotatable bonds is 8. The number of hydrogen-bond acceptors (Lipinski definition) is 4. The smallest absolute Gasteiger partial charge is 0.350 e. The van der Waals surface area contributed by atoms with E-state index in [-0.39, 0.29) is 24.7 Å². The van der Waals surface area contributed by atoms with Gasteiger partial charge < -0.3 is 10.1 Å². The van der Waals surface area contributed by atoms with E-state index in [0.29, 0.717) is 23.0 Å². The van der Waals surface area contributed by atoms with Crippen LogP contribution < -0.4 is 15.7 Å². The molecule has 166 valence electrons. The van der Waals surface area contributed by atoms with Gasteiger partial charge in [0.15, 0.2) is 0 Å². The van der Waals surface area contributed by atoms with Gasteiger partial charge in [0, 0.05) is 12.5 Å². The standard InChI is InChI=1S/C26H24N4O3/c31-25(22-13-7-8-14-23(22)33-21-11-5-2-6-12-21)27-17-18-29-26(32)30(20-9-3-1-4-10-20)24(28-29)19-15-16-19/h1-14,19H,15-18H2,(H,27,31). The van der Waals surface area contributed by atoms with Gasteiger partial charge in [0.05, 0.1) is 17.8 Å². The number of nitrogens with zero attached hydrogens (tertiary/aromatic N) is 3. The van der Waals surface area contributed by atoms with Crippen LogP contribution in [0.25, 0.3) is 5.69 Å². The van der Waals surface area contributed by atoms with E-state index in [1.165, 1.54) is 4.68 Å². The summed E-state index contributed by atoms with van der Waals surface area (Å²) in [7, 11) is 0. The molecule has 7 heteroatoms. The summed E-state index contributed by atoms with van der Waals surface area (Å²) in [4.78, 5) is 25.9. The van der Waals surface area contributed by atoms with Gasteiger partial charge in [-0.25, -0.2) is 14.0 Å². The van der Waals surface area contributed by atoms with E-state index in [2.05, 4.69) is 10.4 Å². The molecule has 0 bridgehead atoms. The van der Waals surface area contributed by atoms with Gasteiger partial charge in [0.1, 0.15) is 17.3 Å². The van der Waals surface area contributed by atoms with E-state index in [9.17, 15) is 9.59 Å². The molecule has 1 heterocycles. The van der Waals surface area contributed by atoms with Crippen LogP contribution in [0.3, 0.4) is 0 Å². The second kappa shape index (κ2) is 9.16. The van der Waals surface area contributed by atoms with Crippen molar-refractivity contribution in [3.8, 4) is 17.2 Å². The normalized spacial score (nSPS) is 13.0. The number of nitrogens with one attached hydrogen (secondary N) is 1. The SMILES string of the molecule is O=C(NCCn1nc(C2CC2)n(-c2ccccc2)c1=O)c1ccccc1Oc1ccccc1. The summed E-state index contributed by atoms with van der Waals surface area (Å²) >= 11 is 0. The first-order valence-electron chi connectivity index (χ1n) is 11.1. The van der Waals surface area contributed by atoms with Gasteiger partial charge >= 0.3 is 5.69 Å². The summed E-state index contributed by atoms with van der Waals surface area (Å²) in [5.74, 6) is 1.97. The Kier molecular flexibility index (Phi) is 5.76. The van der Waals surface area contributed by atoms with Gasteiger partial charge in [0.25, 0.3) is 5.91 Å². The average Bonchev–Trinajstić information content (AvgIpc) is 3.64. The van der Waals surface area contributed by atoms with E-state index < -0.39 is 0 Å². The average molecular weight is 441 g/mol. The van der Waals surface area contributed by atoms with Gasteiger partial charge in [-0.15, -0.1) is 0 Å². The molecule has 0 radical (unpaired) electrons. The van der Waals surface area contributed by atoms with E-state index in [1.807, 2.05) is 66.7 Å². The van der Waals surface area contributed by atoms with Crippen LogP contribution in [0.15, 0.2) is 89.7 Å². The second-order valence-corrected chi connectivity index (χ2v) is 7.98. The highest BCUT2D eigenvalue weighted by atomic mass is 16.5. The van der Waals surface area contributed by atoms with E-state index in [4.69, 9.17) is 4.74 Å². The summed E-state index contributed by atoms with van der Waals surface area (Å²) < 4.78 is 9.00. The molecule has 0 unspecified atom stereocenters. The minimum absolute atomic E-state index is 0.190. The molecule has 1 fully saturated rings. The Balaban J connectivity index is 1.29. The van der Waals surface area contributed by atoms with Crippen LogP contribution in [-0.2, 0) is 6.54 Å². The lowest BCUT2D eigenvalue weighted by molar-refractivity contribution is 0.0949. The van der Waals surface area contributed by atoms with Crippen LogP contribution in [0.4, 0.5) is 0 Å². The summed E-state index contributed by atoms with van der Waals surface area (Å²) in [6, 6.07) is 26.0. The number of hydrogen-bond donors (Lipinski definition) is 1. The Bertz CT molecular complexity index is 1310. The molecule has 0 aliphatic heterocycles. The van der Waals surface area contributed by atoms with Crippen molar-refractivity contribution in [1.29, 1.82) is 0 Å². The zero-order valence-electron chi connectivity index (χ0n) is 18.1. The molecule has 1 aromatic heterocycles. The maximum atomic E-state index is 13.1. The van der Waals surface area contributed by atoms with Crippen molar-refractivity contribution in [3.63, 3.8) is 0 Å². The molecule has 1 aliphatic carbocycles. The van der Waals surface area contributed by atoms with Crippen molar-refractivity contribution in [1.82, 2.24) is 19.7 Å². The molecule has 0 atom stereocenters. The van der Waals surface area contributed by atoms with Crippen molar-refractivity contribution in [3.05, 3.63) is 107 Å². The predicted octanol–water partition coefficient (Wildman–Crippen LogP) is 4.13. The highest BCUT2D eigenvalue weighted by molar-refractivity contribution is 5.97. The molecular weight excluding hydrogens is 416 g/mol. The van der Waals surface area contributed by atoms with Gasteiger partial charge in [-0.3, -0.25) is 4.79 Å². The van der Waals surface area contributed by atoms with Crippen molar-refractivity contribution in [2.24, 2.45) is 0 Å². The fourth-order valence-electron chi connectivity index (χ4n) is 3.73. The van der Waals surface area contributed by atoms with E-state index in [0.717, 1.165) is 24.4 Å². The summed E-state index contributed by atoms with van der Waals surface area (Å²) in [5.41, 5.74) is 1.05. The van der Waals surface area contributed by atoms with Gasteiger partial charge in [-0.2, -0.15) is 5.10 Å². The van der Waals surface area contributed by atoms with Crippen LogP contribution in [0, 0.1) is 0 Å². The molecule has 1 N–H and O–H groups in total. The monoisotopic (exact) mass is 440 g/mol. The molecule has 3 aromatic carbocycles. The largest absolute Gasteiger partial charge is 0.457 e. The molecular formula is C26H24N4O3. The lowest BCUT2D eigenvalue weighted by Crippen LogP contribution is -2.32. The maximum Gasteiger partial charge on any atom is 0.350 e. The Hall–Kier alpha value is -4.13. The van der Waals surface area contributed by atoms with Crippen LogP contribution in [-0.4, -0.2) is 26.8 Å². The third-order valence-corrected chi connectivity index (χ3v) is 5.53. The Morgan fingerprint density at radius 3 is 2.33 bits per heavy atom. The number of ether oxygens (including phenoxy) is 1. The van der Waals surface area contributed by atoms with Crippen LogP contribution in [0.1, 0.15) is 34.9 Å². The molecule has 1 aliphatic rings. The molecule has 1 saturated carbocycles. The van der Waals surface area contributed by atoms with Crippen LogP contribution in [0.2, 0.25) is 0 Å². The fourth-order valence-corrected chi connectivity index (χ4v) is 3.73. The summed E-state index contributed by atoms with van der Waals surface area (Å²) in [6.07, 6.45) is 2.08. The van der Waals surface area contributed by atoms with E-state index >= 15 is 0 Å².